The molecular formula is C17H28O. The summed E-state index contributed by atoms with van der Waals surface area (Å²) in [7, 11) is 0. The van der Waals surface area contributed by atoms with Crippen LogP contribution in [0.3, 0.4) is 0 Å². The van der Waals surface area contributed by atoms with Gasteiger partial charge in [0, 0.05) is 5.92 Å². The summed E-state index contributed by atoms with van der Waals surface area (Å²) in [6.07, 6.45) is 4.96. The Balaban J connectivity index is 2.52. The van der Waals surface area contributed by atoms with Gasteiger partial charge in [0.1, 0.15) is 5.78 Å². The molecule has 1 nitrogen and oxygen atoms in total. The van der Waals surface area contributed by atoms with Crippen molar-refractivity contribution in [1.29, 1.82) is 0 Å². The number of Topliss-reactive ketones (excluding diaryl/α,β-unsaturated/α-hetero) is 1. The first-order chi connectivity index (χ1) is 8.20. The standard InChI is InChI=1S/C17H28O/c1-11(2)13-10-14-16(4,5)8-7-9-17(14,6)15(13)12(3)18/h14-15H,7-10H2,1-6H3/t14-,15+,17+/m0/s1. The molecule has 0 aromatic rings. The third-order valence-electron chi connectivity index (χ3n) is 5.76. The van der Waals surface area contributed by atoms with Crippen LogP contribution in [0.2, 0.25) is 0 Å². The van der Waals surface area contributed by atoms with E-state index >= 15 is 0 Å². The molecular weight excluding hydrogens is 220 g/mol. The maximum absolute atomic E-state index is 12.2. The maximum atomic E-state index is 12.2. The van der Waals surface area contributed by atoms with Crippen LogP contribution in [0, 0.1) is 22.7 Å². The number of allylic oxidation sites excluding steroid dienone is 2. The van der Waals surface area contributed by atoms with Crippen LogP contribution in [-0.2, 0) is 4.79 Å². The molecule has 0 bridgehead atoms. The number of ketones is 1. The van der Waals surface area contributed by atoms with Gasteiger partial charge >= 0.3 is 0 Å². The van der Waals surface area contributed by atoms with Crippen LogP contribution in [0.25, 0.3) is 0 Å². The summed E-state index contributed by atoms with van der Waals surface area (Å²) < 4.78 is 0. The lowest BCUT2D eigenvalue weighted by Crippen LogP contribution is -2.43. The Morgan fingerprint density at radius 2 is 1.72 bits per heavy atom. The van der Waals surface area contributed by atoms with Crippen LogP contribution in [0.4, 0.5) is 0 Å². The van der Waals surface area contributed by atoms with Crippen molar-refractivity contribution in [1.82, 2.24) is 0 Å². The van der Waals surface area contributed by atoms with Crippen molar-refractivity contribution in [2.45, 2.75) is 67.2 Å². The van der Waals surface area contributed by atoms with Gasteiger partial charge in [-0.25, -0.2) is 0 Å². The molecule has 3 atom stereocenters. The molecule has 2 aliphatic rings. The van der Waals surface area contributed by atoms with Crippen LogP contribution in [0.5, 0.6) is 0 Å². The van der Waals surface area contributed by atoms with Gasteiger partial charge in [-0.15, -0.1) is 0 Å². The number of carbonyl (C=O) groups is 1. The van der Waals surface area contributed by atoms with Gasteiger partial charge in [-0.05, 0) is 56.8 Å². The number of hydrogen-bond donors (Lipinski definition) is 0. The van der Waals surface area contributed by atoms with Gasteiger partial charge in [-0.1, -0.05) is 38.3 Å². The third kappa shape index (κ3) is 1.87. The number of fused-ring (bicyclic) bond motifs is 1. The van der Waals surface area contributed by atoms with Gasteiger partial charge < -0.3 is 0 Å². The molecule has 2 aliphatic carbocycles. The molecule has 0 spiro atoms. The van der Waals surface area contributed by atoms with Crippen LogP contribution in [0.1, 0.15) is 67.2 Å². The molecule has 0 N–H and O–H groups in total. The van der Waals surface area contributed by atoms with Crippen LogP contribution in [0.15, 0.2) is 11.1 Å². The van der Waals surface area contributed by atoms with E-state index in [0.29, 0.717) is 17.1 Å². The SMILES string of the molecule is CC(=O)[C@@H]1C(=C(C)C)C[C@H]2C(C)(C)CCC[C@@]12C. The summed E-state index contributed by atoms with van der Waals surface area (Å²) in [5, 5.41) is 0. The average molecular weight is 248 g/mol. The van der Waals surface area contributed by atoms with Gasteiger partial charge in [-0.2, -0.15) is 0 Å². The zero-order valence-electron chi connectivity index (χ0n) is 12.9. The molecule has 0 heterocycles. The summed E-state index contributed by atoms with van der Waals surface area (Å²) in [5.74, 6) is 1.25. The van der Waals surface area contributed by atoms with E-state index in [2.05, 4.69) is 34.6 Å². The van der Waals surface area contributed by atoms with Gasteiger partial charge in [-0.3, -0.25) is 4.79 Å². The van der Waals surface area contributed by atoms with Crippen molar-refractivity contribution >= 4 is 5.78 Å². The highest BCUT2D eigenvalue weighted by atomic mass is 16.1. The van der Waals surface area contributed by atoms with Crippen molar-refractivity contribution in [3.63, 3.8) is 0 Å². The van der Waals surface area contributed by atoms with E-state index in [1.165, 1.54) is 30.4 Å². The third-order valence-corrected chi connectivity index (χ3v) is 5.76. The number of hydrogen-bond acceptors (Lipinski definition) is 1. The first kappa shape index (κ1) is 13.8. The first-order valence-corrected chi connectivity index (χ1v) is 7.37. The lowest BCUT2D eigenvalue weighted by Gasteiger charge is -2.48. The zero-order valence-corrected chi connectivity index (χ0v) is 12.9. The molecule has 2 rings (SSSR count). The van der Waals surface area contributed by atoms with Crippen molar-refractivity contribution in [2.24, 2.45) is 22.7 Å². The Morgan fingerprint density at radius 3 is 2.22 bits per heavy atom. The molecule has 102 valence electrons. The monoisotopic (exact) mass is 248 g/mol. The number of rotatable bonds is 1. The molecule has 0 aliphatic heterocycles. The van der Waals surface area contributed by atoms with Crippen LogP contribution >= 0.6 is 0 Å². The largest absolute Gasteiger partial charge is 0.299 e. The van der Waals surface area contributed by atoms with E-state index in [1.54, 1.807) is 6.92 Å². The Bertz CT molecular complexity index is 398. The fourth-order valence-electron chi connectivity index (χ4n) is 4.96. The average Bonchev–Trinajstić information content (AvgIpc) is 2.52. The summed E-state index contributed by atoms with van der Waals surface area (Å²) in [6, 6.07) is 0. The molecule has 2 fully saturated rings. The maximum Gasteiger partial charge on any atom is 0.137 e. The second-order valence-electron chi connectivity index (χ2n) is 7.67. The highest BCUT2D eigenvalue weighted by Gasteiger charge is 2.57. The summed E-state index contributed by atoms with van der Waals surface area (Å²) in [6.45, 7) is 13.3. The summed E-state index contributed by atoms with van der Waals surface area (Å²) in [4.78, 5) is 12.2. The lowest BCUT2D eigenvalue weighted by molar-refractivity contribution is -0.125. The Hall–Kier alpha value is -0.590. The second-order valence-corrected chi connectivity index (χ2v) is 7.67. The zero-order chi connectivity index (χ0) is 13.7. The van der Waals surface area contributed by atoms with Crippen LogP contribution < -0.4 is 0 Å². The first-order valence-electron chi connectivity index (χ1n) is 7.37. The topological polar surface area (TPSA) is 17.1 Å². The van der Waals surface area contributed by atoms with Crippen molar-refractivity contribution in [3.05, 3.63) is 11.1 Å². The lowest BCUT2D eigenvalue weighted by atomic mass is 9.55. The fourth-order valence-corrected chi connectivity index (χ4v) is 4.96. The molecule has 0 aromatic carbocycles. The quantitative estimate of drug-likeness (QED) is 0.611. The van der Waals surface area contributed by atoms with Crippen molar-refractivity contribution < 1.29 is 4.79 Å². The van der Waals surface area contributed by atoms with Gasteiger partial charge in [0.05, 0.1) is 0 Å². The van der Waals surface area contributed by atoms with Crippen molar-refractivity contribution in [3.8, 4) is 0 Å². The van der Waals surface area contributed by atoms with Crippen molar-refractivity contribution in [2.75, 3.05) is 0 Å². The van der Waals surface area contributed by atoms with E-state index in [1.807, 2.05) is 0 Å². The highest BCUT2D eigenvalue weighted by molar-refractivity contribution is 5.83. The Labute approximate surface area is 112 Å². The molecule has 0 unspecified atom stereocenters. The molecule has 18 heavy (non-hydrogen) atoms. The number of carbonyl (C=O) groups excluding carboxylic acids is 1. The molecule has 0 radical (unpaired) electrons. The smallest absolute Gasteiger partial charge is 0.137 e. The summed E-state index contributed by atoms with van der Waals surface area (Å²) >= 11 is 0. The van der Waals surface area contributed by atoms with E-state index in [-0.39, 0.29) is 11.3 Å². The molecule has 1 heteroatoms. The second kappa shape index (κ2) is 4.21. The minimum atomic E-state index is 0.187. The van der Waals surface area contributed by atoms with Gasteiger partial charge in [0.2, 0.25) is 0 Å². The summed E-state index contributed by atoms with van der Waals surface area (Å²) in [5.41, 5.74) is 3.42. The van der Waals surface area contributed by atoms with Crippen LogP contribution in [-0.4, -0.2) is 5.78 Å². The van der Waals surface area contributed by atoms with Gasteiger partial charge in [0.25, 0.3) is 0 Å². The van der Waals surface area contributed by atoms with E-state index in [4.69, 9.17) is 0 Å². The predicted octanol–water partition coefficient (Wildman–Crippen LogP) is 4.76. The Kier molecular flexibility index (Phi) is 3.24. The molecule has 2 saturated carbocycles. The molecule has 0 amide bonds. The van der Waals surface area contributed by atoms with E-state index in [9.17, 15) is 4.79 Å². The minimum Gasteiger partial charge on any atom is -0.299 e. The Morgan fingerprint density at radius 1 is 1.11 bits per heavy atom. The van der Waals surface area contributed by atoms with E-state index < -0.39 is 0 Å². The molecule has 0 aromatic heterocycles. The molecule has 0 saturated heterocycles. The fraction of sp³-hybridized carbons (Fsp3) is 0.824. The van der Waals surface area contributed by atoms with Gasteiger partial charge in [0.15, 0.2) is 0 Å². The predicted molar refractivity (Wildman–Crippen MR) is 76.4 cm³/mol. The normalized spacial score (nSPS) is 38.4. The van der Waals surface area contributed by atoms with E-state index in [0.717, 1.165) is 6.42 Å². The highest BCUT2D eigenvalue weighted by Crippen LogP contribution is 2.63. The minimum absolute atomic E-state index is 0.187.